The number of hydrogen-bond acceptors (Lipinski definition) is 3. The molecular formula is C16H27N3O. The highest BCUT2D eigenvalue weighted by Gasteiger charge is 2.42. The monoisotopic (exact) mass is 277 g/mol. The van der Waals surface area contributed by atoms with Crippen LogP contribution < -0.4 is 5.73 Å². The Morgan fingerprint density at radius 1 is 1.35 bits per heavy atom. The first kappa shape index (κ1) is 14.1. The lowest BCUT2D eigenvalue weighted by Crippen LogP contribution is -2.27. The summed E-state index contributed by atoms with van der Waals surface area (Å²) in [7, 11) is 0. The first-order valence-corrected chi connectivity index (χ1v) is 7.98. The predicted molar refractivity (Wildman–Crippen MR) is 79.6 cm³/mol. The van der Waals surface area contributed by atoms with Gasteiger partial charge >= 0.3 is 0 Å². The van der Waals surface area contributed by atoms with Crippen LogP contribution in [0.4, 0.5) is 0 Å². The van der Waals surface area contributed by atoms with Crippen molar-refractivity contribution in [3.63, 3.8) is 0 Å². The smallest absolute Gasteiger partial charge is 0.0779 e. The quantitative estimate of drug-likeness (QED) is 0.924. The van der Waals surface area contributed by atoms with Crippen molar-refractivity contribution < 1.29 is 4.74 Å². The van der Waals surface area contributed by atoms with Gasteiger partial charge in [0, 0.05) is 17.3 Å². The molecule has 0 radical (unpaired) electrons. The molecule has 0 aromatic carbocycles. The molecule has 2 atom stereocenters. The van der Waals surface area contributed by atoms with E-state index in [2.05, 4.69) is 23.6 Å². The fourth-order valence-electron chi connectivity index (χ4n) is 4.15. The van der Waals surface area contributed by atoms with E-state index in [1.165, 1.54) is 49.8 Å². The summed E-state index contributed by atoms with van der Waals surface area (Å²) >= 11 is 0. The van der Waals surface area contributed by atoms with E-state index in [1.807, 2.05) is 6.92 Å². The van der Waals surface area contributed by atoms with Crippen LogP contribution in [0.1, 0.15) is 68.4 Å². The third-order valence-corrected chi connectivity index (χ3v) is 5.12. The molecule has 4 nitrogen and oxygen atoms in total. The van der Waals surface area contributed by atoms with Crippen LogP contribution in [0.25, 0.3) is 0 Å². The molecular weight excluding hydrogens is 250 g/mol. The normalized spacial score (nSPS) is 26.5. The second kappa shape index (κ2) is 5.15. The first-order chi connectivity index (χ1) is 9.51. The Labute approximate surface area is 121 Å². The van der Waals surface area contributed by atoms with Crippen molar-refractivity contribution in [3.05, 3.63) is 17.0 Å². The molecule has 4 heteroatoms. The number of hydrogen-bond donors (Lipinski definition) is 1. The molecule has 1 saturated carbocycles. The summed E-state index contributed by atoms with van der Waals surface area (Å²) in [5.41, 5.74) is 9.72. The molecule has 1 aliphatic carbocycles. The Kier molecular flexibility index (Phi) is 3.63. The molecule has 20 heavy (non-hydrogen) atoms. The summed E-state index contributed by atoms with van der Waals surface area (Å²) < 4.78 is 8.49. The highest BCUT2D eigenvalue weighted by molar-refractivity contribution is 5.27. The first-order valence-electron chi connectivity index (χ1n) is 7.98. The molecule has 1 aliphatic heterocycles. The molecule has 0 amide bonds. The molecule has 2 unspecified atom stereocenters. The average Bonchev–Trinajstić information content (AvgIpc) is 3.05. The van der Waals surface area contributed by atoms with Crippen molar-refractivity contribution >= 4 is 0 Å². The second-order valence-corrected chi connectivity index (χ2v) is 6.72. The Morgan fingerprint density at radius 3 is 2.65 bits per heavy atom. The van der Waals surface area contributed by atoms with Crippen LogP contribution in [0.5, 0.6) is 0 Å². The predicted octanol–water partition coefficient (Wildman–Crippen LogP) is 3.01. The van der Waals surface area contributed by atoms with Crippen LogP contribution in [-0.4, -0.2) is 21.5 Å². The highest BCUT2D eigenvalue weighted by atomic mass is 16.5. The summed E-state index contributed by atoms with van der Waals surface area (Å²) in [5.74, 6) is 0. The minimum atomic E-state index is 0.0504. The van der Waals surface area contributed by atoms with Crippen LogP contribution in [0.3, 0.4) is 0 Å². The molecule has 1 aromatic rings. The molecule has 112 valence electrons. The zero-order chi connectivity index (χ0) is 14.3. The average molecular weight is 277 g/mol. The third-order valence-electron chi connectivity index (χ3n) is 5.12. The summed E-state index contributed by atoms with van der Waals surface area (Å²) in [4.78, 5) is 0. The maximum atomic E-state index is 6.39. The maximum Gasteiger partial charge on any atom is 0.0779 e. The van der Waals surface area contributed by atoms with Gasteiger partial charge in [-0.25, -0.2) is 0 Å². The fourth-order valence-corrected chi connectivity index (χ4v) is 4.15. The lowest BCUT2D eigenvalue weighted by atomic mass is 9.98. The summed E-state index contributed by atoms with van der Waals surface area (Å²) in [6.45, 7) is 7.08. The molecule has 2 fully saturated rings. The van der Waals surface area contributed by atoms with Crippen LogP contribution in [0, 0.1) is 13.8 Å². The van der Waals surface area contributed by atoms with E-state index in [9.17, 15) is 0 Å². The van der Waals surface area contributed by atoms with Gasteiger partial charge in [0.1, 0.15) is 0 Å². The van der Waals surface area contributed by atoms with Gasteiger partial charge in [0.05, 0.1) is 23.9 Å². The van der Waals surface area contributed by atoms with Crippen molar-refractivity contribution in [1.82, 2.24) is 9.78 Å². The SMILES string of the molecule is Cc1nn(CC2CCC3(CCCC3)O2)c(C)c1C(C)N. The van der Waals surface area contributed by atoms with Crippen LogP contribution in [0.2, 0.25) is 0 Å². The maximum absolute atomic E-state index is 6.39. The Morgan fingerprint density at radius 2 is 2.05 bits per heavy atom. The van der Waals surface area contributed by atoms with Gasteiger partial charge in [-0.1, -0.05) is 12.8 Å². The van der Waals surface area contributed by atoms with Crippen molar-refractivity contribution in [1.29, 1.82) is 0 Å². The van der Waals surface area contributed by atoms with Gasteiger partial charge < -0.3 is 10.5 Å². The summed E-state index contributed by atoms with van der Waals surface area (Å²) in [6, 6.07) is 0.0504. The number of rotatable bonds is 3. The van der Waals surface area contributed by atoms with E-state index in [0.717, 1.165) is 12.2 Å². The zero-order valence-corrected chi connectivity index (χ0v) is 13.0. The van der Waals surface area contributed by atoms with E-state index in [4.69, 9.17) is 10.5 Å². The molecule has 1 saturated heterocycles. The van der Waals surface area contributed by atoms with Crippen molar-refractivity contribution in [2.75, 3.05) is 0 Å². The number of ether oxygens (including phenoxy) is 1. The number of aromatic nitrogens is 2. The molecule has 2 N–H and O–H groups in total. The van der Waals surface area contributed by atoms with Gasteiger partial charge in [0.15, 0.2) is 0 Å². The van der Waals surface area contributed by atoms with E-state index in [1.54, 1.807) is 0 Å². The van der Waals surface area contributed by atoms with Crippen LogP contribution in [0.15, 0.2) is 0 Å². The van der Waals surface area contributed by atoms with Gasteiger partial charge in [-0.05, 0) is 46.5 Å². The molecule has 2 heterocycles. The van der Waals surface area contributed by atoms with Crippen molar-refractivity contribution in [3.8, 4) is 0 Å². The standard InChI is InChI=1S/C16H27N3O/c1-11(17)15-12(2)18-19(13(15)3)10-14-6-9-16(20-14)7-4-5-8-16/h11,14H,4-10,17H2,1-3H3. The lowest BCUT2D eigenvalue weighted by Gasteiger charge is -2.24. The fraction of sp³-hybridized carbons (Fsp3) is 0.812. The highest BCUT2D eigenvalue weighted by Crippen LogP contribution is 2.43. The number of nitrogens with two attached hydrogens (primary N) is 1. The summed E-state index contributed by atoms with van der Waals surface area (Å²) in [6.07, 6.45) is 7.91. The minimum Gasteiger partial charge on any atom is -0.370 e. The van der Waals surface area contributed by atoms with Crippen LogP contribution in [-0.2, 0) is 11.3 Å². The zero-order valence-electron chi connectivity index (χ0n) is 13.0. The van der Waals surface area contributed by atoms with Gasteiger partial charge in [-0.15, -0.1) is 0 Å². The van der Waals surface area contributed by atoms with Gasteiger partial charge in [0.25, 0.3) is 0 Å². The van der Waals surface area contributed by atoms with Gasteiger partial charge in [-0.2, -0.15) is 5.10 Å². The second-order valence-electron chi connectivity index (χ2n) is 6.72. The van der Waals surface area contributed by atoms with Gasteiger partial charge in [0.2, 0.25) is 0 Å². The molecule has 1 spiro atoms. The Hall–Kier alpha value is -0.870. The van der Waals surface area contributed by atoms with E-state index in [0.29, 0.717) is 6.10 Å². The summed E-state index contributed by atoms with van der Waals surface area (Å²) in [5, 5.41) is 4.67. The molecule has 0 bridgehead atoms. The number of nitrogens with zero attached hydrogens (tertiary/aromatic N) is 2. The van der Waals surface area contributed by atoms with Crippen molar-refractivity contribution in [2.45, 2.75) is 83.6 Å². The van der Waals surface area contributed by atoms with Crippen molar-refractivity contribution in [2.24, 2.45) is 5.73 Å². The molecule has 1 aromatic heterocycles. The van der Waals surface area contributed by atoms with E-state index >= 15 is 0 Å². The third kappa shape index (κ3) is 2.40. The number of aryl methyl sites for hydroxylation is 1. The molecule has 2 aliphatic rings. The minimum absolute atomic E-state index is 0.0504. The Bertz CT molecular complexity index is 486. The lowest BCUT2D eigenvalue weighted by molar-refractivity contribution is -0.0431. The van der Waals surface area contributed by atoms with Gasteiger partial charge in [-0.3, -0.25) is 4.68 Å². The van der Waals surface area contributed by atoms with E-state index < -0.39 is 0 Å². The molecule has 3 rings (SSSR count). The Balaban J connectivity index is 1.71. The van der Waals surface area contributed by atoms with Crippen LogP contribution >= 0.6 is 0 Å². The topological polar surface area (TPSA) is 53.1 Å². The largest absolute Gasteiger partial charge is 0.370 e. The van der Waals surface area contributed by atoms with E-state index in [-0.39, 0.29) is 11.6 Å².